The Morgan fingerprint density at radius 2 is 2.24 bits per heavy atom. The molecule has 0 unspecified atom stereocenters. The van der Waals surface area contributed by atoms with E-state index in [0.29, 0.717) is 5.89 Å². The van der Waals surface area contributed by atoms with E-state index in [-0.39, 0.29) is 12.0 Å². The van der Waals surface area contributed by atoms with Crippen molar-refractivity contribution in [1.29, 1.82) is 0 Å². The van der Waals surface area contributed by atoms with Crippen LogP contribution in [0.3, 0.4) is 0 Å². The smallest absolute Gasteiger partial charge is 0.201 e. The predicted octanol–water partition coefficient (Wildman–Crippen LogP) is 3.17. The Bertz CT molecular complexity index is 540. The number of rotatable bonds is 4. The largest absolute Gasteiger partial charge is 0.440 e. The molecule has 0 saturated heterocycles. The summed E-state index contributed by atoms with van der Waals surface area (Å²) in [5.74, 6) is 0.688. The number of fused-ring (bicyclic) bond motifs is 1. The van der Waals surface area contributed by atoms with Gasteiger partial charge in [-0.05, 0) is 12.5 Å². The van der Waals surface area contributed by atoms with Crippen molar-refractivity contribution in [3.63, 3.8) is 0 Å². The Hall–Kier alpha value is -1.61. The van der Waals surface area contributed by atoms with E-state index in [1.54, 1.807) is 0 Å². The van der Waals surface area contributed by atoms with E-state index in [4.69, 9.17) is 4.42 Å². The first-order valence-electron chi connectivity index (χ1n) is 5.69. The number of hydrogen-bond donors (Lipinski definition) is 1. The summed E-state index contributed by atoms with van der Waals surface area (Å²) in [5.41, 5.74) is 2.10. The number of allylic oxidation sites excluding steroid dienone is 1. The van der Waals surface area contributed by atoms with Gasteiger partial charge in [0.25, 0.3) is 0 Å². The van der Waals surface area contributed by atoms with Crippen LogP contribution >= 0.6 is 0 Å². The molecule has 0 atom stereocenters. The third kappa shape index (κ3) is 2.11. The van der Waals surface area contributed by atoms with Crippen molar-refractivity contribution in [3.8, 4) is 0 Å². The van der Waals surface area contributed by atoms with Gasteiger partial charge in [0.05, 0.1) is 6.61 Å². The number of benzene rings is 1. The van der Waals surface area contributed by atoms with Gasteiger partial charge in [-0.15, -0.1) is 6.58 Å². The van der Waals surface area contributed by atoms with Crippen LogP contribution in [0.2, 0.25) is 0 Å². The van der Waals surface area contributed by atoms with Crippen LogP contribution in [-0.4, -0.2) is 10.1 Å². The maximum absolute atomic E-state index is 9.25. The van der Waals surface area contributed by atoms with Crippen LogP contribution in [0, 0.1) is 0 Å². The SMILES string of the molecule is C=CCC(C)(C)c1nc2c(CO)cccc2o1. The third-order valence-corrected chi connectivity index (χ3v) is 2.91. The van der Waals surface area contributed by atoms with Crippen molar-refractivity contribution in [2.45, 2.75) is 32.3 Å². The van der Waals surface area contributed by atoms with E-state index in [1.807, 2.05) is 24.3 Å². The highest BCUT2D eigenvalue weighted by molar-refractivity contribution is 5.76. The molecule has 0 aliphatic carbocycles. The lowest BCUT2D eigenvalue weighted by atomic mass is 9.89. The zero-order valence-electron chi connectivity index (χ0n) is 10.2. The van der Waals surface area contributed by atoms with Crippen molar-refractivity contribution in [2.24, 2.45) is 0 Å². The highest BCUT2D eigenvalue weighted by Crippen LogP contribution is 2.30. The van der Waals surface area contributed by atoms with Gasteiger partial charge in [-0.2, -0.15) is 0 Å². The first-order valence-corrected chi connectivity index (χ1v) is 5.69. The fraction of sp³-hybridized carbons (Fsp3) is 0.357. The van der Waals surface area contributed by atoms with Gasteiger partial charge in [-0.1, -0.05) is 32.1 Å². The third-order valence-electron chi connectivity index (χ3n) is 2.91. The van der Waals surface area contributed by atoms with Gasteiger partial charge in [0, 0.05) is 11.0 Å². The van der Waals surface area contributed by atoms with E-state index in [9.17, 15) is 5.11 Å². The maximum Gasteiger partial charge on any atom is 0.201 e. The van der Waals surface area contributed by atoms with Gasteiger partial charge in [-0.3, -0.25) is 0 Å². The van der Waals surface area contributed by atoms with E-state index < -0.39 is 0 Å². The number of aromatic nitrogens is 1. The van der Waals surface area contributed by atoms with Crippen LogP contribution in [0.15, 0.2) is 35.3 Å². The summed E-state index contributed by atoms with van der Waals surface area (Å²) in [4.78, 5) is 4.50. The zero-order chi connectivity index (χ0) is 12.5. The molecule has 0 bridgehead atoms. The molecule has 0 spiro atoms. The Morgan fingerprint density at radius 3 is 2.88 bits per heavy atom. The summed E-state index contributed by atoms with van der Waals surface area (Å²) in [5, 5.41) is 9.25. The second-order valence-electron chi connectivity index (χ2n) is 4.82. The highest BCUT2D eigenvalue weighted by Gasteiger charge is 2.25. The molecule has 90 valence electrons. The molecule has 1 heterocycles. The number of aliphatic hydroxyl groups is 1. The zero-order valence-corrected chi connectivity index (χ0v) is 10.2. The lowest BCUT2D eigenvalue weighted by Gasteiger charge is -2.17. The molecule has 0 radical (unpaired) electrons. The molecule has 0 saturated carbocycles. The molecule has 1 aromatic carbocycles. The molecule has 0 aliphatic heterocycles. The number of aliphatic hydroxyl groups excluding tert-OH is 1. The van der Waals surface area contributed by atoms with Gasteiger partial charge in [0.2, 0.25) is 5.89 Å². The number of oxazole rings is 1. The molecule has 3 heteroatoms. The molecule has 1 N–H and O–H groups in total. The Morgan fingerprint density at radius 1 is 1.47 bits per heavy atom. The Labute approximate surface area is 101 Å². The fourth-order valence-electron chi connectivity index (χ4n) is 1.87. The van der Waals surface area contributed by atoms with Gasteiger partial charge < -0.3 is 9.52 Å². The molecule has 3 nitrogen and oxygen atoms in total. The summed E-state index contributed by atoms with van der Waals surface area (Å²) in [6.07, 6.45) is 2.66. The van der Waals surface area contributed by atoms with Crippen molar-refractivity contribution in [2.75, 3.05) is 0 Å². The minimum Gasteiger partial charge on any atom is -0.440 e. The second kappa shape index (κ2) is 4.34. The standard InChI is InChI=1S/C14H17NO2/c1-4-8-14(2,3)13-15-12-10(9-16)6-5-7-11(12)17-13/h4-7,16H,1,8-9H2,2-3H3. The lowest BCUT2D eigenvalue weighted by Crippen LogP contribution is -2.16. The first kappa shape index (κ1) is 11.9. The minimum absolute atomic E-state index is 0.0226. The monoisotopic (exact) mass is 231 g/mol. The summed E-state index contributed by atoms with van der Waals surface area (Å²) in [6, 6.07) is 5.59. The highest BCUT2D eigenvalue weighted by atomic mass is 16.3. The fourth-order valence-corrected chi connectivity index (χ4v) is 1.87. The number of hydrogen-bond acceptors (Lipinski definition) is 3. The molecule has 1 aromatic heterocycles. The van der Waals surface area contributed by atoms with Crippen molar-refractivity contribution in [1.82, 2.24) is 4.98 Å². The summed E-state index contributed by atoms with van der Waals surface area (Å²) in [7, 11) is 0. The van der Waals surface area contributed by atoms with Crippen LogP contribution in [0.1, 0.15) is 31.7 Å². The quantitative estimate of drug-likeness (QED) is 0.822. The van der Waals surface area contributed by atoms with Crippen molar-refractivity contribution < 1.29 is 9.52 Å². The molecule has 0 amide bonds. The second-order valence-corrected chi connectivity index (χ2v) is 4.82. The summed E-state index contributed by atoms with van der Waals surface area (Å²) < 4.78 is 5.76. The summed E-state index contributed by atoms with van der Waals surface area (Å²) in [6.45, 7) is 7.86. The first-order chi connectivity index (χ1) is 8.08. The van der Waals surface area contributed by atoms with Gasteiger partial charge >= 0.3 is 0 Å². The van der Waals surface area contributed by atoms with E-state index in [1.165, 1.54) is 0 Å². The van der Waals surface area contributed by atoms with Gasteiger partial charge in [-0.25, -0.2) is 4.98 Å². The van der Waals surface area contributed by atoms with Crippen LogP contribution in [-0.2, 0) is 12.0 Å². The summed E-state index contributed by atoms with van der Waals surface area (Å²) >= 11 is 0. The lowest BCUT2D eigenvalue weighted by molar-refractivity contribution is 0.283. The predicted molar refractivity (Wildman–Crippen MR) is 67.8 cm³/mol. The van der Waals surface area contributed by atoms with Crippen LogP contribution in [0.25, 0.3) is 11.1 Å². The van der Waals surface area contributed by atoms with Crippen molar-refractivity contribution >= 4 is 11.1 Å². The van der Waals surface area contributed by atoms with Crippen LogP contribution < -0.4 is 0 Å². The average molecular weight is 231 g/mol. The van der Waals surface area contributed by atoms with E-state index >= 15 is 0 Å². The van der Waals surface area contributed by atoms with E-state index in [2.05, 4.69) is 25.4 Å². The Kier molecular flexibility index (Phi) is 3.03. The minimum atomic E-state index is -0.173. The molecular weight excluding hydrogens is 214 g/mol. The Balaban J connectivity index is 2.54. The molecule has 0 aliphatic rings. The number of para-hydroxylation sites is 1. The normalized spacial score (nSPS) is 11.9. The molecule has 2 rings (SSSR count). The molecule has 17 heavy (non-hydrogen) atoms. The maximum atomic E-state index is 9.25. The van der Waals surface area contributed by atoms with Gasteiger partial charge in [0.1, 0.15) is 5.52 Å². The molecule has 2 aromatic rings. The topological polar surface area (TPSA) is 46.3 Å². The van der Waals surface area contributed by atoms with Crippen molar-refractivity contribution in [3.05, 3.63) is 42.3 Å². The van der Waals surface area contributed by atoms with Crippen LogP contribution in [0.4, 0.5) is 0 Å². The van der Waals surface area contributed by atoms with Gasteiger partial charge in [0.15, 0.2) is 5.58 Å². The van der Waals surface area contributed by atoms with E-state index in [0.717, 1.165) is 23.1 Å². The van der Waals surface area contributed by atoms with Crippen LogP contribution in [0.5, 0.6) is 0 Å². The average Bonchev–Trinajstić information content (AvgIpc) is 2.73. The number of nitrogens with zero attached hydrogens (tertiary/aromatic N) is 1. The molecule has 0 fully saturated rings. The molecular formula is C14H17NO2.